The Kier molecular flexibility index (Phi) is 6.67. The maximum Gasteiger partial charge on any atom is 0.229 e. The van der Waals surface area contributed by atoms with Crippen LogP contribution in [0.5, 0.6) is 17.4 Å². The molecule has 1 amide bonds. The summed E-state index contributed by atoms with van der Waals surface area (Å²) in [6, 6.07) is 11.5. The van der Waals surface area contributed by atoms with Crippen LogP contribution in [0.25, 0.3) is 0 Å². The Bertz CT molecular complexity index is 1140. The van der Waals surface area contributed by atoms with Crippen LogP contribution in [0.4, 0.5) is 5.95 Å². The van der Waals surface area contributed by atoms with Crippen molar-refractivity contribution in [2.24, 2.45) is 5.92 Å². The largest absolute Gasteiger partial charge is 0.497 e. The first kappa shape index (κ1) is 22.7. The number of piperidine rings is 1. The van der Waals surface area contributed by atoms with Gasteiger partial charge in [0.15, 0.2) is 0 Å². The number of anilines is 1. The summed E-state index contributed by atoms with van der Waals surface area (Å²) < 4.78 is 11.7. The molecule has 0 radical (unpaired) electrons. The smallest absolute Gasteiger partial charge is 0.229 e. The molecule has 0 spiro atoms. The van der Waals surface area contributed by atoms with Gasteiger partial charge in [0.1, 0.15) is 11.5 Å². The Morgan fingerprint density at radius 1 is 1.12 bits per heavy atom. The predicted molar refractivity (Wildman–Crippen MR) is 133 cm³/mol. The van der Waals surface area contributed by atoms with E-state index in [9.17, 15) is 4.79 Å². The number of hydrogen-bond donors (Lipinski definition) is 0. The lowest BCUT2D eigenvalue weighted by Gasteiger charge is -2.33. The van der Waals surface area contributed by atoms with Crippen molar-refractivity contribution in [2.75, 3.05) is 31.6 Å². The molecule has 0 atom stereocenters. The second-order valence-corrected chi connectivity index (χ2v) is 10.1. The first-order chi connectivity index (χ1) is 16.6. The summed E-state index contributed by atoms with van der Waals surface area (Å²) in [5.74, 6) is 3.47. The first-order valence-electron chi connectivity index (χ1n) is 11.9. The van der Waals surface area contributed by atoms with E-state index in [1.165, 1.54) is 0 Å². The minimum Gasteiger partial charge on any atom is -0.497 e. The molecule has 8 heteroatoms. The van der Waals surface area contributed by atoms with Gasteiger partial charge in [-0.3, -0.25) is 4.79 Å². The number of amides is 1. The first-order valence-corrected chi connectivity index (χ1v) is 12.7. The molecule has 34 heavy (non-hydrogen) atoms. The number of fused-ring (bicyclic) bond motifs is 1. The number of nitrogens with zero attached hydrogens (tertiary/aromatic N) is 4. The molecule has 1 fully saturated rings. The van der Waals surface area contributed by atoms with Crippen LogP contribution >= 0.6 is 11.3 Å². The van der Waals surface area contributed by atoms with Crippen molar-refractivity contribution in [2.45, 2.75) is 39.2 Å². The SMILES string of the molecule is COc1cccc(Oc2nc(N3CCC(C)CC3)nc3c2CN(C(=O)Cc2cccs2)CC3)c1. The molecule has 7 nitrogen and oxygen atoms in total. The molecule has 0 N–H and O–H groups in total. The normalized spacial score (nSPS) is 16.3. The third kappa shape index (κ3) is 5.01. The zero-order valence-corrected chi connectivity index (χ0v) is 20.5. The molecule has 0 unspecified atom stereocenters. The number of carbonyl (C=O) groups excluding carboxylic acids is 1. The summed E-state index contributed by atoms with van der Waals surface area (Å²) in [6.07, 6.45) is 3.39. The highest BCUT2D eigenvalue weighted by Gasteiger charge is 2.28. The fourth-order valence-electron chi connectivity index (χ4n) is 4.47. The summed E-state index contributed by atoms with van der Waals surface area (Å²) in [6.45, 7) is 5.30. The van der Waals surface area contributed by atoms with E-state index in [2.05, 4.69) is 11.8 Å². The summed E-state index contributed by atoms with van der Waals surface area (Å²) in [7, 11) is 1.64. The molecule has 1 saturated heterocycles. The number of methoxy groups -OCH3 is 1. The van der Waals surface area contributed by atoms with Gasteiger partial charge < -0.3 is 19.3 Å². The number of hydrogen-bond acceptors (Lipinski definition) is 7. The quantitative estimate of drug-likeness (QED) is 0.512. The highest BCUT2D eigenvalue weighted by Crippen LogP contribution is 2.33. The van der Waals surface area contributed by atoms with Crippen molar-refractivity contribution in [3.05, 3.63) is 57.9 Å². The second kappa shape index (κ2) is 10.0. The molecule has 0 bridgehead atoms. The summed E-state index contributed by atoms with van der Waals surface area (Å²) >= 11 is 1.61. The lowest BCUT2D eigenvalue weighted by Crippen LogP contribution is -2.38. The van der Waals surface area contributed by atoms with E-state index < -0.39 is 0 Å². The molecule has 0 saturated carbocycles. The average Bonchev–Trinajstić information content (AvgIpc) is 3.37. The molecule has 1 aromatic carbocycles. The average molecular weight is 479 g/mol. The molecule has 4 heterocycles. The minimum atomic E-state index is 0.120. The predicted octanol–water partition coefficient (Wildman–Crippen LogP) is 4.70. The lowest BCUT2D eigenvalue weighted by atomic mass is 9.99. The van der Waals surface area contributed by atoms with E-state index in [1.807, 2.05) is 46.7 Å². The molecule has 178 valence electrons. The van der Waals surface area contributed by atoms with Crippen LogP contribution in [0.15, 0.2) is 41.8 Å². The number of rotatable bonds is 6. The molecular formula is C26H30N4O3S. The van der Waals surface area contributed by atoms with Gasteiger partial charge in [-0.25, -0.2) is 4.98 Å². The lowest BCUT2D eigenvalue weighted by molar-refractivity contribution is -0.131. The van der Waals surface area contributed by atoms with Gasteiger partial charge in [-0.15, -0.1) is 11.3 Å². The van der Waals surface area contributed by atoms with Gasteiger partial charge in [0.25, 0.3) is 0 Å². The Morgan fingerprint density at radius 3 is 2.71 bits per heavy atom. The van der Waals surface area contributed by atoms with Crippen molar-refractivity contribution in [1.29, 1.82) is 0 Å². The van der Waals surface area contributed by atoms with E-state index in [1.54, 1.807) is 18.4 Å². The Hall–Kier alpha value is -3.13. The van der Waals surface area contributed by atoms with Gasteiger partial charge >= 0.3 is 0 Å². The van der Waals surface area contributed by atoms with E-state index >= 15 is 0 Å². The van der Waals surface area contributed by atoms with E-state index in [0.29, 0.717) is 37.6 Å². The van der Waals surface area contributed by atoms with Crippen LogP contribution in [0.1, 0.15) is 35.9 Å². The molecular weight excluding hydrogens is 448 g/mol. The van der Waals surface area contributed by atoms with Crippen molar-refractivity contribution < 1.29 is 14.3 Å². The van der Waals surface area contributed by atoms with Gasteiger partial charge in [-0.2, -0.15) is 4.98 Å². The van der Waals surface area contributed by atoms with Crippen LogP contribution in [0.3, 0.4) is 0 Å². The van der Waals surface area contributed by atoms with Crippen LogP contribution in [0, 0.1) is 5.92 Å². The van der Waals surface area contributed by atoms with Crippen LogP contribution in [-0.2, 0) is 24.2 Å². The summed E-state index contributed by atoms with van der Waals surface area (Å²) in [4.78, 5) is 28.0. The van der Waals surface area contributed by atoms with E-state index in [-0.39, 0.29) is 5.91 Å². The molecule has 2 aliphatic heterocycles. The zero-order chi connectivity index (χ0) is 23.5. The number of benzene rings is 1. The second-order valence-electron chi connectivity index (χ2n) is 9.03. The molecule has 5 rings (SSSR count). The van der Waals surface area contributed by atoms with E-state index in [0.717, 1.165) is 59.7 Å². The van der Waals surface area contributed by atoms with Gasteiger partial charge in [-0.05, 0) is 42.3 Å². The molecule has 2 aromatic heterocycles. The standard InChI is InChI=1S/C26H30N4O3S/c1-18-8-11-29(12-9-18)26-27-23-10-13-30(24(31)16-21-7-4-14-34-21)17-22(23)25(28-26)33-20-6-3-5-19(15-20)32-2/h3-7,14-15,18H,8-13,16-17H2,1-2H3. The van der Waals surface area contributed by atoms with Gasteiger partial charge in [0.2, 0.25) is 17.7 Å². The minimum absolute atomic E-state index is 0.120. The van der Waals surface area contributed by atoms with E-state index in [4.69, 9.17) is 19.4 Å². The van der Waals surface area contributed by atoms with Gasteiger partial charge in [0, 0.05) is 37.0 Å². The van der Waals surface area contributed by atoms with Crippen LogP contribution in [0.2, 0.25) is 0 Å². The maximum atomic E-state index is 13.0. The Balaban J connectivity index is 1.44. The van der Waals surface area contributed by atoms with Crippen LogP contribution < -0.4 is 14.4 Å². The third-order valence-electron chi connectivity index (χ3n) is 6.59. The number of carbonyl (C=O) groups is 1. The van der Waals surface area contributed by atoms with Gasteiger partial charge in [-0.1, -0.05) is 19.1 Å². The Morgan fingerprint density at radius 2 is 1.94 bits per heavy atom. The summed E-state index contributed by atoms with van der Waals surface area (Å²) in [5.41, 5.74) is 1.87. The topological polar surface area (TPSA) is 67.8 Å². The van der Waals surface area contributed by atoms with Crippen molar-refractivity contribution >= 4 is 23.2 Å². The molecule has 0 aliphatic carbocycles. The Labute approximate surface area is 204 Å². The number of ether oxygens (including phenoxy) is 2. The number of thiophene rings is 1. The van der Waals surface area contributed by atoms with Crippen molar-refractivity contribution in [1.82, 2.24) is 14.9 Å². The number of aromatic nitrogens is 2. The van der Waals surface area contributed by atoms with Crippen molar-refractivity contribution in [3.8, 4) is 17.4 Å². The third-order valence-corrected chi connectivity index (χ3v) is 7.47. The highest BCUT2D eigenvalue weighted by atomic mass is 32.1. The monoisotopic (exact) mass is 478 g/mol. The van der Waals surface area contributed by atoms with Crippen LogP contribution in [-0.4, -0.2) is 47.5 Å². The highest BCUT2D eigenvalue weighted by molar-refractivity contribution is 7.10. The molecule has 3 aromatic rings. The summed E-state index contributed by atoms with van der Waals surface area (Å²) in [5, 5.41) is 2.00. The fourth-order valence-corrected chi connectivity index (χ4v) is 5.16. The maximum absolute atomic E-state index is 13.0. The fraction of sp³-hybridized carbons (Fsp3) is 0.423. The van der Waals surface area contributed by atoms with Gasteiger partial charge in [0.05, 0.1) is 31.3 Å². The van der Waals surface area contributed by atoms with Crippen molar-refractivity contribution in [3.63, 3.8) is 0 Å². The zero-order valence-electron chi connectivity index (χ0n) is 19.7. The molecule has 2 aliphatic rings.